The van der Waals surface area contributed by atoms with Crippen LogP contribution in [-0.2, 0) is 6.54 Å². The maximum absolute atomic E-state index is 13.2. The molecule has 0 spiro atoms. The molecule has 2 aromatic rings. The summed E-state index contributed by atoms with van der Waals surface area (Å²) in [5, 5.41) is 11.6. The number of H-pyrrole nitrogens is 1. The van der Waals surface area contributed by atoms with Crippen molar-refractivity contribution in [1.82, 2.24) is 29.8 Å². The lowest BCUT2D eigenvalue weighted by molar-refractivity contribution is 0.0704. The first-order chi connectivity index (χ1) is 14.7. The number of nitrogens with zero attached hydrogens (tertiary/aromatic N) is 5. The molecule has 2 amide bonds. The van der Waals surface area contributed by atoms with E-state index in [1.165, 1.54) is 12.8 Å². The highest BCUT2D eigenvalue weighted by atomic mass is 16.2. The summed E-state index contributed by atoms with van der Waals surface area (Å²) in [5.41, 5.74) is 2.19. The molecule has 4 heterocycles. The average Bonchev–Trinajstić information content (AvgIpc) is 3.36. The van der Waals surface area contributed by atoms with Crippen molar-refractivity contribution in [2.45, 2.75) is 64.3 Å². The first-order valence-electron chi connectivity index (χ1n) is 11.3. The van der Waals surface area contributed by atoms with Crippen molar-refractivity contribution in [2.24, 2.45) is 0 Å². The van der Waals surface area contributed by atoms with Crippen molar-refractivity contribution in [3.63, 3.8) is 0 Å². The van der Waals surface area contributed by atoms with Crippen molar-refractivity contribution in [3.05, 3.63) is 35.4 Å². The van der Waals surface area contributed by atoms with Gasteiger partial charge in [0.15, 0.2) is 0 Å². The molecule has 0 radical (unpaired) electrons. The number of piperidine rings is 1. The monoisotopic (exact) mass is 412 g/mol. The van der Waals surface area contributed by atoms with Gasteiger partial charge in [-0.2, -0.15) is 10.2 Å². The van der Waals surface area contributed by atoms with E-state index in [4.69, 9.17) is 0 Å². The van der Waals surface area contributed by atoms with Gasteiger partial charge in [-0.15, -0.1) is 0 Å². The van der Waals surface area contributed by atoms with Gasteiger partial charge in [0, 0.05) is 44.8 Å². The summed E-state index contributed by atoms with van der Waals surface area (Å²) < 4.78 is 1.82. The average molecular weight is 413 g/mol. The lowest BCUT2D eigenvalue weighted by Crippen LogP contribution is -2.40. The van der Waals surface area contributed by atoms with Crippen LogP contribution in [0.15, 0.2) is 18.6 Å². The van der Waals surface area contributed by atoms with Crippen LogP contribution >= 0.6 is 0 Å². The molecular weight excluding hydrogens is 380 g/mol. The summed E-state index contributed by atoms with van der Waals surface area (Å²) in [7, 11) is 0. The standard InChI is InChI=1S/C22H32N6O2/c1-2-9-28-16-18(13-24-28)21(29)27-12-7-8-17(15-27)20-19(14-23-25-20)22(30)26-10-5-3-4-6-11-26/h13-14,16-17H,2-12,15H2,1H3,(H,23,25). The van der Waals surface area contributed by atoms with Crippen molar-refractivity contribution in [1.29, 1.82) is 0 Å². The fraction of sp³-hybridized carbons (Fsp3) is 0.636. The Morgan fingerprint density at radius 1 is 1.03 bits per heavy atom. The van der Waals surface area contributed by atoms with Gasteiger partial charge in [-0.05, 0) is 32.1 Å². The van der Waals surface area contributed by atoms with E-state index < -0.39 is 0 Å². The number of hydrogen-bond acceptors (Lipinski definition) is 4. The van der Waals surface area contributed by atoms with Crippen molar-refractivity contribution in [2.75, 3.05) is 26.2 Å². The van der Waals surface area contributed by atoms with Crippen LogP contribution in [0.5, 0.6) is 0 Å². The minimum Gasteiger partial charge on any atom is -0.339 e. The molecule has 0 saturated carbocycles. The second-order valence-electron chi connectivity index (χ2n) is 8.49. The molecule has 4 rings (SSSR count). The Bertz CT molecular complexity index is 865. The van der Waals surface area contributed by atoms with Gasteiger partial charge < -0.3 is 9.80 Å². The molecule has 2 aliphatic heterocycles. The van der Waals surface area contributed by atoms with E-state index in [9.17, 15) is 9.59 Å². The highest BCUT2D eigenvalue weighted by Gasteiger charge is 2.31. The summed E-state index contributed by atoms with van der Waals surface area (Å²) in [5.74, 6) is 0.189. The second-order valence-corrected chi connectivity index (χ2v) is 8.49. The zero-order valence-corrected chi connectivity index (χ0v) is 17.8. The van der Waals surface area contributed by atoms with Crippen LogP contribution in [0.2, 0.25) is 0 Å². The summed E-state index contributed by atoms with van der Waals surface area (Å²) in [6.45, 7) is 5.87. The van der Waals surface area contributed by atoms with E-state index >= 15 is 0 Å². The van der Waals surface area contributed by atoms with Crippen molar-refractivity contribution < 1.29 is 9.59 Å². The predicted molar refractivity (Wildman–Crippen MR) is 113 cm³/mol. The van der Waals surface area contributed by atoms with Crippen LogP contribution in [0.3, 0.4) is 0 Å². The molecule has 1 unspecified atom stereocenters. The second kappa shape index (κ2) is 9.45. The van der Waals surface area contributed by atoms with Gasteiger partial charge in [-0.1, -0.05) is 19.8 Å². The first kappa shape index (κ1) is 20.6. The van der Waals surface area contributed by atoms with E-state index in [2.05, 4.69) is 22.2 Å². The number of nitrogens with one attached hydrogen (secondary N) is 1. The Morgan fingerprint density at radius 2 is 1.80 bits per heavy atom. The number of likely N-dealkylation sites (tertiary alicyclic amines) is 2. The van der Waals surface area contributed by atoms with Crippen molar-refractivity contribution >= 4 is 11.8 Å². The Kier molecular flexibility index (Phi) is 6.50. The minimum atomic E-state index is 0.0157. The number of hydrogen-bond donors (Lipinski definition) is 1. The number of aromatic nitrogens is 4. The number of aromatic amines is 1. The SMILES string of the molecule is CCCn1cc(C(=O)N2CCCC(c3[nH]ncc3C(=O)N3CCCCCC3)C2)cn1. The van der Waals surface area contributed by atoms with Gasteiger partial charge in [-0.3, -0.25) is 19.4 Å². The molecule has 0 aromatic carbocycles. The zero-order valence-electron chi connectivity index (χ0n) is 17.8. The summed E-state index contributed by atoms with van der Waals surface area (Å²) in [6.07, 6.45) is 12.5. The third kappa shape index (κ3) is 4.42. The maximum Gasteiger partial charge on any atom is 0.257 e. The highest BCUT2D eigenvalue weighted by molar-refractivity contribution is 5.95. The maximum atomic E-state index is 13.2. The highest BCUT2D eigenvalue weighted by Crippen LogP contribution is 2.29. The molecule has 30 heavy (non-hydrogen) atoms. The fourth-order valence-electron chi connectivity index (χ4n) is 4.63. The van der Waals surface area contributed by atoms with Gasteiger partial charge in [0.25, 0.3) is 11.8 Å². The van der Waals surface area contributed by atoms with Gasteiger partial charge in [0.2, 0.25) is 0 Å². The van der Waals surface area contributed by atoms with Crippen LogP contribution in [0.25, 0.3) is 0 Å². The Balaban J connectivity index is 1.46. The molecule has 8 nitrogen and oxygen atoms in total. The number of carbonyl (C=O) groups excluding carboxylic acids is 2. The van der Waals surface area contributed by atoms with E-state index in [1.807, 2.05) is 20.7 Å². The summed E-state index contributed by atoms with van der Waals surface area (Å²) in [6, 6.07) is 0. The molecule has 1 atom stereocenters. The van der Waals surface area contributed by atoms with Crippen molar-refractivity contribution in [3.8, 4) is 0 Å². The van der Waals surface area contributed by atoms with E-state index in [-0.39, 0.29) is 17.7 Å². The molecule has 8 heteroatoms. The number of amides is 2. The van der Waals surface area contributed by atoms with Crippen LogP contribution in [0.4, 0.5) is 0 Å². The van der Waals surface area contributed by atoms with E-state index in [0.29, 0.717) is 17.7 Å². The molecule has 2 fully saturated rings. The topological polar surface area (TPSA) is 87.1 Å². The molecule has 2 saturated heterocycles. The minimum absolute atomic E-state index is 0.0157. The molecule has 162 valence electrons. The van der Waals surface area contributed by atoms with Crippen LogP contribution in [0.1, 0.15) is 84.2 Å². The fourth-order valence-corrected chi connectivity index (χ4v) is 4.63. The molecule has 1 N–H and O–H groups in total. The quantitative estimate of drug-likeness (QED) is 0.818. The van der Waals surface area contributed by atoms with E-state index in [1.54, 1.807) is 12.4 Å². The van der Waals surface area contributed by atoms with E-state index in [0.717, 1.165) is 64.0 Å². The smallest absolute Gasteiger partial charge is 0.257 e. The number of rotatable bonds is 5. The third-order valence-electron chi connectivity index (χ3n) is 6.24. The Labute approximate surface area is 177 Å². The van der Waals surface area contributed by atoms with Crippen LogP contribution in [0, 0.1) is 0 Å². The predicted octanol–water partition coefficient (Wildman–Crippen LogP) is 3.05. The lowest BCUT2D eigenvalue weighted by Gasteiger charge is -2.32. The zero-order chi connectivity index (χ0) is 20.9. The molecule has 2 aliphatic rings. The third-order valence-corrected chi connectivity index (χ3v) is 6.24. The normalized spacial score (nSPS) is 20.2. The molecule has 0 bridgehead atoms. The number of carbonyl (C=O) groups is 2. The molecule has 0 aliphatic carbocycles. The van der Waals surface area contributed by atoms with Gasteiger partial charge in [0.1, 0.15) is 0 Å². The van der Waals surface area contributed by atoms with Gasteiger partial charge >= 0.3 is 0 Å². The van der Waals surface area contributed by atoms with Crippen LogP contribution < -0.4 is 0 Å². The summed E-state index contributed by atoms with van der Waals surface area (Å²) >= 11 is 0. The Morgan fingerprint density at radius 3 is 2.57 bits per heavy atom. The Hall–Kier alpha value is -2.64. The van der Waals surface area contributed by atoms with Crippen LogP contribution in [-0.4, -0.2) is 67.8 Å². The summed E-state index contributed by atoms with van der Waals surface area (Å²) in [4.78, 5) is 30.0. The number of aryl methyl sites for hydroxylation is 1. The molecular formula is C22H32N6O2. The first-order valence-corrected chi connectivity index (χ1v) is 11.3. The lowest BCUT2D eigenvalue weighted by atomic mass is 9.92. The van der Waals surface area contributed by atoms with Gasteiger partial charge in [-0.25, -0.2) is 0 Å². The molecule has 2 aromatic heterocycles. The van der Waals surface area contributed by atoms with Gasteiger partial charge in [0.05, 0.1) is 29.2 Å². The largest absolute Gasteiger partial charge is 0.339 e.